The Labute approximate surface area is 100 Å². The monoisotopic (exact) mass is 247 g/mol. The number of aliphatic hydroxyl groups is 1. The lowest BCUT2D eigenvalue weighted by molar-refractivity contribution is 0.174. The minimum absolute atomic E-state index is 0.128. The predicted octanol–water partition coefficient (Wildman–Crippen LogP) is 3.21. The first kappa shape index (κ1) is 13.0. The number of thiophene rings is 1. The number of hydrogen-bond acceptors (Lipinski definition) is 3. The third kappa shape index (κ3) is 3.76. The average molecular weight is 248 g/mol. The molecule has 4 heteroatoms. The first-order chi connectivity index (χ1) is 6.98. The van der Waals surface area contributed by atoms with E-state index in [1.165, 1.54) is 4.88 Å². The fraction of sp³-hybridized carbons (Fsp3) is 0.636. The topological polar surface area (TPSA) is 32.3 Å². The standard InChI is InChI=1S/C11H18ClNOS/c1-4-8(13-11(2,3)7-14)9-5-6-10(12)15-9/h5-6,8,13-14H,4,7H2,1-3H3. The summed E-state index contributed by atoms with van der Waals surface area (Å²) in [5.41, 5.74) is -0.253. The molecule has 1 atom stereocenters. The average Bonchev–Trinajstić information content (AvgIpc) is 2.61. The van der Waals surface area contributed by atoms with E-state index in [1.807, 2.05) is 26.0 Å². The molecule has 0 aliphatic rings. The zero-order valence-corrected chi connectivity index (χ0v) is 11.0. The molecule has 1 aromatic heterocycles. The number of hydrogen-bond donors (Lipinski definition) is 2. The molecule has 0 aliphatic carbocycles. The summed E-state index contributed by atoms with van der Waals surface area (Å²) in [6.07, 6.45) is 0.986. The maximum Gasteiger partial charge on any atom is 0.0931 e. The van der Waals surface area contributed by atoms with E-state index in [2.05, 4.69) is 12.2 Å². The summed E-state index contributed by atoms with van der Waals surface area (Å²) < 4.78 is 0.812. The van der Waals surface area contributed by atoms with E-state index in [-0.39, 0.29) is 18.2 Å². The van der Waals surface area contributed by atoms with E-state index in [0.29, 0.717) is 0 Å². The van der Waals surface area contributed by atoms with Crippen LogP contribution >= 0.6 is 22.9 Å². The molecule has 1 rings (SSSR count). The summed E-state index contributed by atoms with van der Waals surface area (Å²) in [5.74, 6) is 0. The molecule has 0 spiro atoms. The molecule has 86 valence electrons. The Bertz CT molecular complexity index is 311. The van der Waals surface area contributed by atoms with Crippen LogP contribution in [0.1, 0.15) is 38.1 Å². The molecule has 0 fully saturated rings. The van der Waals surface area contributed by atoms with E-state index < -0.39 is 0 Å². The van der Waals surface area contributed by atoms with Crippen molar-refractivity contribution in [2.45, 2.75) is 38.8 Å². The van der Waals surface area contributed by atoms with Gasteiger partial charge in [-0.2, -0.15) is 0 Å². The minimum Gasteiger partial charge on any atom is -0.394 e. The van der Waals surface area contributed by atoms with Gasteiger partial charge in [0.15, 0.2) is 0 Å². The highest BCUT2D eigenvalue weighted by Gasteiger charge is 2.22. The zero-order valence-electron chi connectivity index (χ0n) is 9.38. The van der Waals surface area contributed by atoms with E-state index in [4.69, 9.17) is 11.6 Å². The molecule has 1 aromatic rings. The number of halogens is 1. The van der Waals surface area contributed by atoms with Crippen LogP contribution in [0, 0.1) is 0 Å². The van der Waals surface area contributed by atoms with Crippen LogP contribution in [0.2, 0.25) is 4.34 Å². The Morgan fingerprint density at radius 1 is 1.53 bits per heavy atom. The van der Waals surface area contributed by atoms with Crippen LogP contribution in [-0.2, 0) is 0 Å². The molecular formula is C11H18ClNOS. The van der Waals surface area contributed by atoms with Crippen molar-refractivity contribution < 1.29 is 5.11 Å². The van der Waals surface area contributed by atoms with Crippen molar-refractivity contribution in [3.8, 4) is 0 Å². The van der Waals surface area contributed by atoms with Gasteiger partial charge < -0.3 is 10.4 Å². The molecule has 2 N–H and O–H groups in total. The number of rotatable bonds is 5. The molecule has 0 radical (unpaired) electrons. The molecule has 0 aromatic carbocycles. The zero-order chi connectivity index (χ0) is 11.5. The highest BCUT2D eigenvalue weighted by atomic mass is 35.5. The maximum absolute atomic E-state index is 9.21. The summed E-state index contributed by atoms with van der Waals surface area (Å²) in [6, 6.07) is 4.23. The smallest absolute Gasteiger partial charge is 0.0931 e. The molecule has 0 saturated carbocycles. The van der Waals surface area contributed by atoms with Gasteiger partial charge in [-0.3, -0.25) is 0 Å². The second-order valence-electron chi connectivity index (χ2n) is 4.29. The summed E-state index contributed by atoms with van der Waals surface area (Å²) in [7, 11) is 0. The van der Waals surface area contributed by atoms with E-state index in [1.54, 1.807) is 11.3 Å². The van der Waals surface area contributed by atoms with E-state index >= 15 is 0 Å². The van der Waals surface area contributed by atoms with Crippen molar-refractivity contribution in [1.82, 2.24) is 5.32 Å². The van der Waals surface area contributed by atoms with Gasteiger partial charge in [0, 0.05) is 16.5 Å². The Morgan fingerprint density at radius 2 is 2.20 bits per heavy atom. The molecule has 1 unspecified atom stereocenters. The number of aliphatic hydroxyl groups excluding tert-OH is 1. The van der Waals surface area contributed by atoms with Crippen molar-refractivity contribution in [3.05, 3.63) is 21.3 Å². The van der Waals surface area contributed by atoms with Gasteiger partial charge in [0.2, 0.25) is 0 Å². The summed E-state index contributed by atoms with van der Waals surface area (Å²) in [6.45, 7) is 6.23. The molecule has 0 amide bonds. The second kappa shape index (κ2) is 5.30. The predicted molar refractivity (Wildman–Crippen MR) is 66.7 cm³/mol. The van der Waals surface area contributed by atoms with Crippen LogP contribution in [0.5, 0.6) is 0 Å². The van der Waals surface area contributed by atoms with Gasteiger partial charge in [-0.05, 0) is 32.4 Å². The summed E-state index contributed by atoms with van der Waals surface area (Å²) in [4.78, 5) is 1.23. The van der Waals surface area contributed by atoms with Gasteiger partial charge in [0.05, 0.1) is 10.9 Å². The molecule has 0 saturated heterocycles. The highest BCUT2D eigenvalue weighted by molar-refractivity contribution is 7.16. The van der Waals surface area contributed by atoms with Crippen LogP contribution in [0.3, 0.4) is 0 Å². The molecular weight excluding hydrogens is 230 g/mol. The minimum atomic E-state index is -0.253. The van der Waals surface area contributed by atoms with E-state index in [0.717, 1.165) is 10.8 Å². The lowest BCUT2D eigenvalue weighted by atomic mass is 10.0. The van der Waals surface area contributed by atoms with Gasteiger partial charge >= 0.3 is 0 Å². The van der Waals surface area contributed by atoms with Gasteiger partial charge in [0.25, 0.3) is 0 Å². The quantitative estimate of drug-likeness (QED) is 0.838. The molecule has 1 heterocycles. The van der Waals surface area contributed by atoms with Crippen molar-refractivity contribution in [3.63, 3.8) is 0 Å². The fourth-order valence-electron chi connectivity index (χ4n) is 1.41. The maximum atomic E-state index is 9.21. The second-order valence-corrected chi connectivity index (χ2v) is 6.04. The third-order valence-electron chi connectivity index (χ3n) is 2.31. The van der Waals surface area contributed by atoms with Crippen molar-refractivity contribution in [2.75, 3.05) is 6.61 Å². The van der Waals surface area contributed by atoms with Crippen molar-refractivity contribution in [2.24, 2.45) is 0 Å². The van der Waals surface area contributed by atoms with Gasteiger partial charge in [-0.25, -0.2) is 0 Å². The molecule has 0 aliphatic heterocycles. The Hall–Kier alpha value is -0.0900. The Kier molecular flexibility index (Phi) is 4.59. The third-order valence-corrected chi connectivity index (χ3v) is 3.65. The van der Waals surface area contributed by atoms with Crippen LogP contribution < -0.4 is 5.32 Å². The van der Waals surface area contributed by atoms with E-state index in [9.17, 15) is 5.11 Å². The summed E-state index contributed by atoms with van der Waals surface area (Å²) in [5, 5.41) is 12.6. The molecule has 15 heavy (non-hydrogen) atoms. The van der Waals surface area contributed by atoms with Gasteiger partial charge in [-0.15, -0.1) is 11.3 Å². The first-order valence-electron chi connectivity index (χ1n) is 5.12. The SMILES string of the molecule is CCC(NC(C)(C)CO)c1ccc(Cl)s1. The Morgan fingerprint density at radius 3 is 2.60 bits per heavy atom. The molecule has 2 nitrogen and oxygen atoms in total. The fourth-order valence-corrected chi connectivity index (χ4v) is 2.60. The largest absolute Gasteiger partial charge is 0.394 e. The Balaban J connectivity index is 2.72. The lowest BCUT2D eigenvalue weighted by Crippen LogP contribution is -2.44. The molecule has 0 bridgehead atoms. The number of nitrogens with one attached hydrogen (secondary N) is 1. The van der Waals surface area contributed by atoms with Crippen LogP contribution in [0.15, 0.2) is 12.1 Å². The van der Waals surface area contributed by atoms with Crippen molar-refractivity contribution >= 4 is 22.9 Å². The van der Waals surface area contributed by atoms with Crippen LogP contribution in [0.4, 0.5) is 0 Å². The highest BCUT2D eigenvalue weighted by Crippen LogP contribution is 2.29. The van der Waals surface area contributed by atoms with Gasteiger partial charge in [0.1, 0.15) is 0 Å². The lowest BCUT2D eigenvalue weighted by Gasteiger charge is -2.29. The van der Waals surface area contributed by atoms with Crippen molar-refractivity contribution in [1.29, 1.82) is 0 Å². The summed E-state index contributed by atoms with van der Waals surface area (Å²) >= 11 is 7.50. The first-order valence-corrected chi connectivity index (χ1v) is 6.31. The normalized spacial score (nSPS) is 14.2. The van der Waals surface area contributed by atoms with Gasteiger partial charge in [-0.1, -0.05) is 18.5 Å². The van der Waals surface area contributed by atoms with Crippen LogP contribution in [-0.4, -0.2) is 17.3 Å². The van der Waals surface area contributed by atoms with Crippen LogP contribution in [0.25, 0.3) is 0 Å².